The third kappa shape index (κ3) is 3.35. The van der Waals surface area contributed by atoms with Gasteiger partial charge in [0, 0.05) is 11.2 Å². The first-order chi connectivity index (χ1) is 9.81. The summed E-state index contributed by atoms with van der Waals surface area (Å²) in [5.74, 6) is 0.0295. The number of alkyl halides is 3. The van der Waals surface area contributed by atoms with Gasteiger partial charge in [0.1, 0.15) is 6.07 Å². The highest BCUT2D eigenvalue weighted by molar-refractivity contribution is 6.30. The predicted octanol–water partition coefficient (Wildman–Crippen LogP) is 3.95. The van der Waals surface area contributed by atoms with E-state index in [0.717, 1.165) is 6.07 Å². The van der Waals surface area contributed by atoms with E-state index in [1.54, 1.807) is 0 Å². The maximum Gasteiger partial charge on any atom is 0.418 e. The van der Waals surface area contributed by atoms with E-state index in [-0.39, 0.29) is 27.8 Å². The highest BCUT2D eigenvalue weighted by Crippen LogP contribution is 2.38. The molecule has 0 amide bonds. The molecule has 0 bridgehead atoms. The van der Waals surface area contributed by atoms with Crippen molar-refractivity contribution in [1.82, 2.24) is 4.98 Å². The molecule has 2 aromatic rings. The van der Waals surface area contributed by atoms with Crippen LogP contribution in [0.5, 0.6) is 0 Å². The first-order valence-corrected chi connectivity index (χ1v) is 5.98. The van der Waals surface area contributed by atoms with Gasteiger partial charge in [-0.2, -0.15) is 18.4 Å². The Labute approximate surface area is 123 Å². The van der Waals surface area contributed by atoms with Gasteiger partial charge in [-0.25, -0.2) is 4.98 Å². The number of anilines is 3. The Morgan fingerprint density at radius 1 is 1.29 bits per heavy atom. The van der Waals surface area contributed by atoms with Gasteiger partial charge in [0.25, 0.3) is 0 Å². The number of nitrogens with one attached hydrogen (secondary N) is 1. The lowest BCUT2D eigenvalue weighted by Gasteiger charge is -2.15. The van der Waals surface area contributed by atoms with Crippen LogP contribution in [-0.4, -0.2) is 4.98 Å². The number of benzene rings is 1. The lowest BCUT2D eigenvalue weighted by Crippen LogP contribution is -2.10. The van der Waals surface area contributed by atoms with Crippen LogP contribution in [0.15, 0.2) is 30.5 Å². The highest BCUT2D eigenvalue weighted by atomic mass is 35.5. The molecule has 0 radical (unpaired) electrons. The molecule has 3 N–H and O–H groups in total. The van der Waals surface area contributed by atoms with E-state index in [0.29, 0.717) is 0 Å². The molecule has 0 aliphatic carbocycles. The topological polar surface area (TPSA) is 74.7 Å². The van der Waals surface area contributed by atoms with E-state index in [9.17, 15) is 13.2 Å². The molecule has 108 valence electrons. The molecule has 1 aromatic heterocycles. The summed E-state index contributed by atoms with van der Waals surface area (Å²) in [6.45, 7) is 0. The van der Waals surface area contributed by atoms with Crippen LogP contribution in [0, 0.1) is 11.3 Å². The van der Waals surface area contributed by atoms with E-state index in [1.165, 1.54) is 24.4 Å². The van der Waals surface area contributed by atoms with Crippen LogP contribution >= 0.6 is 11.6 Å². The molecule has 0 atom stereocenters. The molecule has 4 nitrogen and oxygen atoms in total. The maximum atomic E-state index is 13.0. The second-order valence-electron chi connectivity index (χ2n) is 4.09. The van der Waals surface area contributed by atoms with Crippen molar-refractivity contribution in [3.63, 3.8) is 0 Å². The van der Waals surface area contributed by atoms with Crippen molar-refractivity contribution in [2.45, 2.75) is 6.18 Å². The van der Waals surface area contributed by atoms with E-state index < -0.39 is 11.7 Å². The van der Waals surface area contributed by atoms with Crippen LogP contribution in [0.25, 0.3) is 0 Å². The second kappa shape index (κ2) is 5.50. The predicted molar refractivity (Wildman–Crippen MR) is 73.1 cm³/mol. The van der Waals surface area contributed by atoms with E-state index in [4.69, 9.17) is 22.6 Å². The van der Waals surface area contributed by atoms with Gasteiger partial charge in [-0.05, 0) is 24.3 Å². The number of hydrogen-bond donors (Lipinski definition) is 2. The van der Waals surface area contributed by atoms with Crippen molar-refractivity contribution in [2.75, 3.05) is 11.1 Å². The quantitative estimate of drug-likeness (QED) is 0.880. The van der Waals surface area contributed by atoms with Crippen LogP contribution in [0.1, 0.15) is 11.1 Å². The summed E-state index contributed by atoms with van der Waals surface area (Å²) in [5.41, 5.74) is 4.77. The number of nitriles is 1. The number of nitrogen functional groups attached to an aromatic ring is 1. The van der Waals surface area contributed by atoms with Crippen molar-refractivity contribution in [3.05, 3.63) is 46.6 Å². The number of hydrogen-bond acceptors (Lipinski definition) is 4. The van der Waals surface area contributed by atoms with Gasteiger partial charge in [-0.3, -0.25) is 0 Å². The average Bonchev–Trinajstić information content (AvgIpc) is 2.41. The van der Waals surface area contributed by atoms with Crippen molar-refractivity contribution in [3.8, 4) is 6.07 Å². The summed E-state index contributed by atoms with van der Waals surface area (Å²) in [6, 6.07) is 6.46. The van der Waals surface area contributed by atoms with Gasteiger partial charge in [0.15, 0.2) is 5.82 Å². The number of pyridine rings is 1. The number of rotatable bonds is 2. The number of nitrogens with two attached hydrogens (primary N) is 1. The van der Waals surface area contributed by atoms with Crippen LogP contribution in [0.2, 0.25) is 5.02 Å². The summed E-state index contributed by atoms with van der Waals surface area (Å²) in [6.07, 6.45) is -3.36. The first kappa shape index (κ1) is 14.9. The van der Waals surface area contributed by atoms with Gasteiger partial charge in [0.2, 0.25) is 0 Å². The molecule has 0 saturated carbocycles. The molecule has 0 saturated heterocycles. The minimum atomic E-state index is -4.57. The smallest absolute Gasteiger partial charge is 0.396 e. The monoisotopic (exact) mass is 312 g/mol. The summed E-state index contributed by atoms with van der Waals surface area (Å²) < 4.78 is 38.9. The largest absolute Gasteiger partial charge is 0.418 e. The molecule has 0 fully saturated rings. The highest BCUT2D eigenvalue weighted by Gasteiger charge is 2.34. The van der Waals surface area contributed by atoms with Gasteiger partial charge in [-0.1, -0.05) is 11.6 Å². The first-order valence-electron chi connectivity index (χ1n) is 5.60. The summed E-state index contributed by atoms with van der Waals surface area (Å²) in [7, 11) is 0. The van der Waals surface area contributed by atoms with E-state index >= 15 is 0 Å². The zero-order valence-corrected chi connectivity index (χ0v) is 11.1. The Balaban J connectivity index is 2.43. The summed E-state index contributed by atoms with van der Waals surface area (Å²) >= 11 is 5.59. The molecule has 0 aliphatic heterocycles. The number of aromatic nitrogens is 1. The molecule has 0 spiro atoms. The molecular weight excluding hydrogens is 305 g/mol. The minimum Gasteiger partial charge on any atom is -0.396 e. The lowest BCUT2D eigenvalue weighted by molar-refractivity contribution is -0.136. The molecular formula is C13H8ClF3N4. The summed E-state index contributed by atoms with van der Waals surface area (Å²) in [4.78, 5) is 3.83. The average molecular weight is 313 g/mol. The van der Waals surface area contributed by atoms with Crippen molar-refractivity contribution >= 4 is 28.8 Å². The zero-order valence-electron chi connectivity index (χ0n) is 10.4. The number of nitrogens with zero attached hydrogens (tertiary/aromatic N) is 2. The third-order valence-corrected chi connectivity index (χ3v) is 2.82. The fraction of sp³-hybridized carbons (Fsp3) is 0.0769. The maximum absolute atomic E-state index is 13.0. The van der Waals surface area contributed by atoms with Crippen LogP contribution in [-0.2, 0) is 6.18 Å². The van der Waals surface area contributed by atoms with Gasteiger partial charge >= 0.3 is 6.18 Å². The molecule has 1 aromatic carbocycles. The molecule has 1 heterocycles. The Morgan fingerprint density at radius 2 is 2.00 bits per heavy atom. The summed E-state index contributed by atoms with van der Waals surface area (Å²) in [5, 5.41) is 11.2. The zero-order chi connectivity index (χ0) is 15.6. The molecule has 2 rings (SSSR count). The number of halogens is 4. The Kier molecular flexibility index (Phi) is 3.91. The fourth-order valence-corrected chi connectivity index (χ4v) is 1.81. The minimum absolute atomic E-state index is 0.0295. The third-order valence-electron chi connectivity index (χ3n) is 2.59. The molecule has 21 heavy (non-hydrogen) atoms. The van der Waals surface area contributed by atoms with Gasteiger partial charge in [0.05, 0.1) is 22.5 Å². The van der Waals surface area contributed by atoms with Gasteiger partial charge in [-0.15, -0.1) is 0 Å². The second-order valence-corrected chi connectivity index (χ2v) is 4.52. The standard InChI is InChI=1S/C13H8ClF3N4/c14-8-1-2-11(9(4-8)13(15,16)17)21-12-10(19)3-7(5-18)6-20-12/h1-4,6H,19H2,(H,20,21). The van der Waals surface area contributed by atoms with E-state index in [1.807, 2.05) is 6.07 Å². The lowest BCUT2D eigenvalue weighted by atomic mass is 10.1. The van der Waals surface area contributed by atoms with Crippen LogP contribution in [0.4, 0.5) is 30.4 Å². The Bertz CT molecular complexity index is 722. The van der Waals surface area contributed by atoms with Crippen LogP contribution in [0.3, 0.4) is 0 Å². The van der Waals surface area contributed by atoms with Crippen LogP contribution < -0.4 is 11.1 Å². The van der Waals surface area contributed by atoms with Crippen molar-refractivity contribution < 1.29 is 13.2 Å². The normalized spacial score (nSPS) is 11.0. The Hall–Kier alpha value is -2.46. The van der Waals surface area contributed by atoms with Gasteiger partial charge < -0.3 is 11.1 Å². The Morgan fingerprint density at radius 3 is 2.57 bits per heavy atom. The molecule has 0 unspecified atom stereocenters. The van der Waals surface area contributed by atoms with Crippen molar-refractivity contribution in [1.29, 1.82) is 5.26 Å². The SMILES string of the molecule is N#Cc1cnc(Nc2ccc(Cl)cc2C(F)(F)F)c(N)c1. The van der Waals surface area contributed by atoms with E-state index in [2.05, 4.69) is 10.3 Å². The fourth-order valence-electron chi connectivity index (χ4n) is 1.63. The molecule has 8 heteroatoms. The van der Waals surface area contributed by atoms with Crippen molar-refractivity contribution in [2.24, 2.45) is 0 Å². The molecule has 0 aliphatic rings.